The van der Waals surface area contributed by atoms with Gasteiger partial charge in [-0.1, -0.05) is 48.8 Å². The highest BCUT2D eigenvalue weighted by molar-refractivity contribution is 5.41. The summed E-state index contributed by atoms with van der Waals surface area (Å²) in [7, 11) is 0. The minimum atomic E-state index is 0.351. The molecule has 0 saturated carbocycles. The van der Waals surface area contributed by atoms with E-state index in [0.29, 0.717) is 11.8 Å². The Labute approximate surface area is 108 Å². The van der Waals surface area contributed by atoms with E-state index in [9.17, 15) is 0 Å². The first-order valence-electron chi connectivity index (χ1n) is 6.37. The zero-order chi connectivity index (χ0) is 13.1. The molecule has 18 heavy (non-hydrogen) atoms. The smallest absolute Gasteiger partial charge is 0.225 e. The number of nitrogen functional groups attached to an aromatic ring is 1. The van der Waals surface area contributed by atoms with Crippen LogP contribution in [0.25, 0.3) is 0 Å². The Kier molecular flexibility index (Phi) is 3.70. The van der Waals surface area contributed by atoms with Crippen LogP contribution in [0.5, 0.6) is 0 Å². The zero-order valence-corrected chi connectivity index (χ0v) is 11.2. The summed E-state index contributed by atoms with van der Waals surface area (Å²) >= 11 is 0. The van der Waals surface area contributed by atoms with Crippen molar-refractivity contribution >= 4 is 5.88 Å². The number of hydrogen-bond acceptors (Lipinski definition) is 3. The summed E-state index contributed by atoms with van der Waals surface area (Å²) in [4.78, 5) is 0. The van der Waals surface area contributed by atoms with Crippen LogP contribution in [-0.4, -0.2) is 5.16 Å². The fourth-order valence-corrected chi connectivity index (χ4v) is 2.16. The van der Waals surface area contributed by atoms with Crippen molar-refractivity contribution in [3.63, 3.8) is 0 Å². The van der Waals surface area contributed by atoms with E-state index in [2.05, 4.69) is 50.2 Å². The molecule has 2 rings (SSSR count). The lowest BCUT2D eigenvalue weighted by molar-refractivity contribution is 0.427. The second-order valence-electron chi connectivity index (χ2n) is 5.05. The van der Waals surface area contributed by atoms with E-state index in [-0.39, 0.29) is 0 Å². The van der Waals surface area contributed by atoms with Gasteiger partial charge in [-0.3, -0.25) is 0 Å². The van der Waals surface area contributed by atoms with Crippen LogP contribution in [-0.2, 0) is 12.8 Å². The first-order chi connectivity index (χ1) is 8.58. The van der Waals surface area contributed by atoms with Crippen LogP contribution in [0.15, 0.2) is 28.8 Å². The van der Waals surface area contributed by atoms with Crippen LogP contribution in [0, 0.1) is 6.92 Å². The Balaban J connectivity index is 2.08. The quantitative estimate of drug-likeness (QED) is 0.895. The van der Waals surface area contributed by atoms with E-state index < -0.39 is 0 Å². The van der Waals surface area contributed by atoms with Gasteiger partial charge < -0.3 is 10.3 Å². The number of nitrogens with two attached hydrogens (primary N) is 1. The largest absolute Gasteiger partial charge is 0.367 e. The molecule has 0 amide bonds. The highest BCUT2D eigenvalue weighted by Gasteiger charge is 2.16. The summed E-state index contributed by atoms with van der Waals surface area (Å²) in [6, 6.07) is 8.59. The topological polar surface area (TPSA) is 52.0 Å². The molecule has 96 valence electrons. The molecule has 3 nitrogen and oxygen atoms in total. The van der Waals surface area contributed by atoms with Crippen LogP contribution in [0.4, 0.5) is 5.88 Å². The maximum atomic E-state index is 5.80. The molecule has 2 aromatic rings. The van der Waals surface area contributed by atoms with Gasteiger partial charge in [-0.15, -0.1) is 0 Å². The van der Waals surface area contributed by atoms with Crippen molar-refractivity contribution in [1.82, 2.24) is 5.16 Å². The maximum absolute atomic E-state index is 5.80. The van der Waals surface area contributed by atoms with Crippen molar-refractivity contribution in [1.29, 1.82) is 0 Å². The summed E-state index contributed by atoms with van der Waals surface area (Å²) in [5.74, 6) is 0.813. The van der Waals surface area contributed by atoms with Crippen molar-refractivity contribution in [2.24, 2.45) is 0 Å². The lowest BCUT2D eigenvalue weighted by Crippen LogP contribution is -1.99. The fraction of sp³-hybridized carbons (Fsp3) is 0.400. The summed E-state index contributed by atoms with van der Waals surface area (Å²) in [6.07, 6.45) is 1.84. The lowest BCUT2D eigenvalue weighted by Gasteiger charge is -2.05. The third kappa shape index (κ3) is 2.73. The number of benzene rings is 1. The molecule has 0 unspecified atom stereocenters. The van der Waals surface area contributed by atoms with Crippen molar-refractivity contribution in [3.8, 4) is 0 Å². The maximum Gasteiger partial charge on any atom is 0.225 e. The predicted molar refractivity (Wildman–Crippen MR) is 73.6 cm³/mol. The Morgan fingerprint density at radius 2 is 1.83 bits per heavy atom. The molecule has 1 aromatic carbocycles. The molecular formula is C15H20N2O. The van der Waals surface area contributed by atoms with Gasteiger partial charge in [0.1, 0.15) is 0 Å². The van der Waals surface area contributed by atoms with Gasteiger partial charge in [0.25, 0.3) is 0 Å². The van der Waals surface area contributed by atoms with Gasteiger partial charge in [0.2, 0.25) is 5.88 Å². The molecule has 0 fully saturated rings. The third-order valence-electron chi connectivity index (χ3n) is 3.18. The minimum Gasteiger partial charge on any atom is -0.367 e. The second-order valence-corrected chi connectivity index (χ2v) is 5.05. The molecule has 0 radical (unpaired) electrons. The summed E-state index contributed by atoms with van der Waals surface area (Å²) in [5, 5.41) is 4.07. The van der Waals surface area contributed by atoms with Crippen molar-refractivity contribution in [2.75, 3.05) is 5.73 Å². The molecule has 0 spiro atoms. The molecule has 1 aromatic heterocycles. The minimum absolute atomic E-state index is 0.351. The standard InChI is InChI=1S/C15H20N2O/c1-10(2)14-13(17-18-15(14)16)9-8-12-6-4-11(3)5-7-12/h4-7,10H,8-9,16H2,1-3H3. The Morgan fingerprint density at radius 1 is 1.17 bits per heavy atom. The average Bonchev–Trinajstić information content (AvgIpc) is 2.70. The zero-order valence-electron chi connectivity index (χ0n) is 11.2. The molecule has 0 atom stereocenters. The SMILES string of the molecule is Cc1ccc(CCc2noc(N)c2C(C)C)cc1. The molecule has 1 heterocycles. The van der Waals surface area contributed by atoms with Crippen LogP contribution < -0.4 is 5.73 Å². The van der Waals surface area contributed by atoms with E-state index >= 15 is 0 Å². The van der Waals surface area contributed by atoms with E-state index in [0.717, 1.165) is 24.1 Å². The fourth-order valence-electron chi connectivity index (χ4n) is 2.16. The Bertz CT molecular complexity index is 512. The number of aryl methyl sites for hydroxylation is 3. The van der Waals surface area contributed by atoms with Crippen molar-refractivity contribution in [2.45, 2.75) is 39.5 Å². The molecule has 2 N–H and O–H groups in total. The van der Waals surface area contributed by atoms with Gasteiger partial charge in [-0.25, -0.2) is 0 Å². The number of rotatable bonds is 4. The molecule has 0 saturated heterocycles. The molecule has 0 aliphatic carbocycles. The van der Waals surface area contributed by atoms with Crippen LogP contribution in [0.1, 0.15) is 42.1 Å². The van der Waals surface area contributed by atoms with E-state index in [1.165, 1.54) is 11.1 Å². The number of nitrogens with zero attached hydrogens (tertiary/aromatic N) is 1. The number of anilines is 1. The van der Waals surface area contributed by atoms with Crippen LogP contribution in [0.3, 0.4) is 0 Å². The monoisotopic (exact) mass is 244 g/mol. The second kappa shape index (κ2) is 5.25. The van der Waals surface area contributed by atoms with Gasteiger partial charge in [-0.2, -0.15) is 0 Å². The van der Waals surface area contributed by atoms with Crippen LogP contribution >= 0.6 is 0 Å². The van der Waals surface area contributed by atoms with E-state index in [1.807, 2.05) is 0 Å². The highest BCUT2D eigenvalue weighted by atomic mass is 16.5. The van der Waals surface area contributed by atoms with Gasteiger partial charge in [-0.05, 0) is 31.2 Å². The van der Waals surface area contributed by atoms with Gasteiger partial charge in [0, 0.05) is 5.56 Å². The molecule has 0 aliphatic heterocycles. The molecule has 0 bridgehead atoms. The predicted octanol–water partition coefficient (Wildman–Crippen LogP) is 3.47. The number of hydrogen-bond donors (Lipinski definition) is 1. The van der Waals surface area contributed by atoms with E-state index in [4.69, 9.17) is 10.3 Å². The average molecular weight is 244 g/mol. The van der Waals surface area contributed by atoms with Crippen molar-refractivity contribution < 1.29 is 4.52 Å². The van der Waals surface area contributed by atoms with Gasteiger partial charge >= 0.3 is 0 Å². The van der Waals surface area contributed by atoms with Crippen LogP contribution in [0.2, 0.25) is 0 Å². The normalized spacial score (nSPS) is 11.1. The first-order valence-corrected chi connectivity index (χ1v) is 6.37. The highest BCUT2D eigenvalue weighted by Crippen LogP contribution is 2.26. The molecule has 3 heteroatoms. The third-order valence-corrected chi connectivity index (χ3v) is 3.18. The van der Waals surface area contributed by atoms with Crippen molar-refractivity contribution in [3.05, 3.63) is 46.6 Å². The summed E-state index contributed by atoms with van der Waals surface area (Å²) < 4.78 is 5.09. The first kappa shape index (κ1) is 12.7. The molecular weight excluding hydrogens is 224 g/mol. The van der Waals surface area contributed by atoms with E-state index in [1.54, 1.807) is 0 Å². The summed E-state index contributed by atoms with van der Waals surface area (Å²) in [5.41, 5.74) is 10.4. The number of aromatic nitrogens is 1. The lowest BCUT2D eigenvalue weighted by atomic mass is 9.99. The Hall–Kier alpha value is -1.77. The van der Waals surface area contributed by atoms with Gasteiger partial charge in [0.15, 0.2) is 0 Å². The van der Waals surface area contributed by atoms with Gasteiger partial charge in [0.05, 0.1) is 5.69 Å². The molecule has 0 aliphatic rings. The summed E-state index contributed by atoms with van der Waals surface area (Å²) in [6.45, 7) is 6.31. The Morgan fingerprint density at radius 3 is 2.44 bits per heavy atom.